The van der Waals surface area contributed by atoms with E-state index in [9.17, 15) is 4.79 Å². The topological polar surface area (TPSA) is 43.1 Å². The summed E-state index contributed by atoms with van der Waals surface area (Å²) >= 11 is 9.42. The van der Waals surface area contributed by atoms with Gasteiger partial charge in [-0.3, -0.25) is 4.79 Å². The Bertz CT molecular complexity index is 154. The Kier molecular flexibility index (Phi) is 4.56. The van der Waals surface area contributed by atoms with Gasteiger partial charge in [0.25, 0.3) is 0 Å². The van der Waals surface area contributed by atoms with Gasteiger partial charge in [0.15, 0.2) is 0 Å². The first-order valence-corrected chi connectivity index (χ1v) is 3.73. The molecule has 0 aromatic heterocycles. The first-order chi connectivity index (χ1) is 4.54. The van der Waals surface area contributed by atoms with Gasteiger partial charge in [-0.05, 0) is 13.3 Å². The smallest absolute Gasteiger partial charge is 0.230 e. The normalized spacial score (nSPS) is 14.9. The standard InChI is InChI=1S/C6H10ClNOS/c1-4(7)2-3-5(10)6(8)9/h2,5,10H,3H2,1H3,(H2,8,9)/b4-2-. The molecule has 0 saturated heterocycles. The van der Waals surface area contributed by atoms with Crippen molar-refractivity contribution < 1.29 is 4.79 Å². The fourth-order valence-corrected chi connectivity index (χ4v) is 0.585. The molecule has 0 heterocycles. The number of rotatable bonds is 3. The van der Waals surface area contributed by atoms with Crippen LogP contribution in [0.5, 0.6) is 0 Å². The lowest BCUT2D eigenvalue weighted by atomic mass is 10.3. The second kappa shape index (κ2) is 4.63. The number of thiol groups is 1. The zero-order chi connectivity index (χ0) is 8.15. The lowest BCUT2D eigenvalue weighted by Gasteiger charge is -2.00. The summed E-state index contributed by atoms with van der Waals surface area (Å²) in [5, 5.41) is 0.231. The molecule has 2 nitrogen and oxygen atoms in total. The molecule has 4 heteroatoms. The molecular weight excluding hydrogens is 170 g/mol. The van der Waals surface area contributed by atoms with E-state index in [0.29, 0.717) is 11.5 Å². The Morgan fingerprint density at radius 1 is 1.90 bits per heavy atom. The maximum absolute atomic E-state index is 10.4. The van der Waals surface area contributed by atoms with Crippen LogP contribution < -0.4 is 5.73 Å². The van der Waals surface area contributed by atoms with Crippen LogP contribution in [0.25, 0.3) is 0 Å². The van der Waals surface area contributed by atoms with E-state index in [2.05, 4.69) is 12.6 Å². The molecular formula is C6H10ClNOS. The molecule has 0 fully saturated rings. The Labute approximate surface area is 70.8 Å². The van der Waals surface area contributed by atoms with E-state index >= 15 is 0 Å². The number of hydrogen-bond acceptors (Lipinski definition) is 2. The molecule has 58 valence electrons. The van der Waals surface area contributed by atoms with Crippen LogP contribution in [0.3, 0.4) is 0 Å². The number of amides is 1. The van der Waals surface area contributed by atoms with Gasteiger partial charge in [0, 0.05) is 5.03 Å². The molecule has 2 N–H and O–H groups in total. The molecule has 1 unspecified atom stereocenters. The van der Waals surface area contributed by atoms with Crippen molar-refractivity contribution in [2.45, 2.75) is 18.6 Å². The van der Waals surface area contributed by atoms with Gasteiger partial charge in [-0.25, -0.2) is 0 Å². The Balaban J connectivity index is 3.70. The highest BCUT2D eigenvalue weighted by Crippen LogP contribution is 2.06. The Hall–Kier alpha value is -0.150. The van der Waals surface area contributed by atoms with Crippen molar-refractivity contribution in [1.82, 2.24) is 0 Å². The number of carbonyl (C=O) groups excluding carboxylic acids is 1. The molecule has 0 aromatic carbocycles. The van der Waals surface area contributed by atoms with E-state index in [4.69, 9.17) is 17.3 Å². The van der Waals surface area contributed by atoms with Gasteiger partial charge in [0.05, 0.1) is 5.25 Å². The largest absolute Gasteiger partial charge is 0.369 e. The van der Waals surface area contributed by atoms with E-state index in [0.717, 1.165) is 0 Å². The Morgan fingerprint density at radius 2 is 2.40 bits per heavy atom. The molecule has 1 amide bonds. The van der Waals surface area contributed by atoms with Gasteiger partial charge >= 0.3 is 0 Å². The second-order valence-corrected chi connectivity index (χ2v) is 3.16. The number of carbonyl (C=O) groups is 1. The molecule has 0 spiro atoms. The number of nitrogens with two attached hydrogens (primary N) is 1. The fraction of sp³-hybridized carbons (Fsp3) is 0.500. The highest BCUT2D eigenvalue weighted by atomic mass is 35.5. The number of halogens is 1. The van der Waals surface area contributed by atoms with Crippen LogP contribution in [0.1, 0.15) is 13.3 Å². The number of primary amides is 1. The molecule has 0 aromatic rings. The van der Waals surface area contributed by atoms with Crippen LogP contribution in [-0.4, -0.2) is 11.2 Å². The van der Waals surface area contributed by atoms with E-state index in [-0.39, 0.29) is 0 Å². The van der Waals surface area contributed by atoms with Crippen LogP contribution in [0.15, 0.2) is 11.1 Å². The zero-order valence-corrected chi connectivity index (χ0v) is 7.32. The van der Waals surface area contributed by atoms with Crippen LogP contribution in [0.2, 0.25) is 0 Å². The third-order valence-electron chi connectivity index (χ3n) is 0.951. The summed E-state index contributed by atoms with van der Waals surface area (Å²) < 4.78 is 0. The summed E-state index contributed by atoms with van der Waals surface area (Å²) in [6, 6.07) is 0. The molecule has 0 radical (unpaired) electrons. The van der Waals surface area contributed by atoms with Crippen molar-refractivity contribution >= 4 is 30.1 Å². The summed E-state index contributed by atoms with van der Waals surface area (Å²) in [6.45, 7) is 1.74. The maximum Gasteiger partial charge on any atom is 0.230 e. The number of allylic oxidation sites excluding steroid dienone is 2. The zero-order valence-electron chi connectivity index (χ0n) is 5.67. The van der Waals surface area contributed by atoms with E-state index in [1.807, 2.05) is 0 Å². The van der Waals surface area contributed by atoms with Crippen LogP contribution >= 0.6 is 24.2 Å². The van der Waals surface area contributed by atoms with Crippen LogP contribution in [0, 0.1) is 0 Å². The molecule has 0 bridgehead atoms. The minimum atomic E-state index is -0.423. The van der Waals surface area contributed by atoms with Crippen molar-refractivity contribution in [1.29, 1.82) is 0 Å². The van der Waals surface area contributed by atoms with Gasteiger partial charge < -0.3 is 5.73 Å². The molecule has 1 atom stereocenters. The van der Waals surface area contributed by atoms with Crippen molar-refractivity contribution in [3.63, 3.8) is 0 Å². The van der Waals surface area contributed by atoms with E-state index < -0.39 is 11.2 Å². The minimum absolute atomic E-state index is 0.419. The molecule has 0 aliphatic carbocycles. The lowest BCUT2D eigenvalue weighted by Crippen LogP contribution is -2.22. The summed E-state index contributed by atoms with van der Waals surface area (Å²) in [4.78, 5) is 10.4. The van der Waals surface area contributed by atoms with E-state index in [1.54, 1.807) is 13.0 Å². The predicted octanol–water partition coefficient (Wildman–Crippen LogP) is 1.30. The molecule has 10 heavy (non-hydrogen) atoms. The quantitative estimate of drug-likeness (QED) is 0.631. The van der Waals surface area contributed by atoms with Gasteiger partial charge in [-0.15, -0.1) is 0 Å². The maximum atomic E-state index is 10.4. The first kappa shape index (κ1) is 9.85. The molecule has 0 saturated carbocycles. The summed E-state index contributed by atoms with van der Waals surface area (Å²) in [5.41, 5.74) is 4.93. The summed E-state index contributed by atoms with van der Waals surface area (Å²) in [6.07, 6.45) is 2.21. The van der Waals surface area contributed by atoms with Crippen LogP contribution in [-0.2, 0) is 4.79 Å². The van der Waals surface area contributed by atoms with Gasteiger partial charge in [0.2, 0.25) is 5.91 Å². The average Bonchev–Trinajstić information content (AvgIpc) is 1.82. The van der Waals surface area contributed by atoms with Crippen molar-refractivity contribution in [2.24, 2.45) is 5.73 Å². The number of hydrogen-bond donors (Lipinski definition) is 2. The highest BCUT2D eigenvalue weighted by molar-refractivity contribution is 7.81. The minimum Gasteiger partial charge on any atom is -0.369 e. The van der Waals surface area contributed by atoms with Gasteiger partial charge in [0.1, 0.15) is 0 Å². The summed E-state index contributed by atoms with van der Waals surface area (Å²) in [5.74, 6) is -0.419. The molecule has 0 aliphatic heterocycles. The monoisotopic (exact) mass is 179 g/mol. The third kappa shape index (κ3) is 4.70. The van der Waals surface area contributed by atoms with Gasteiger partial charge in [-0.1, -0.05) is 17.7 Å². The van der Waals surface area contributed by atoms with Crippen molar-refractivity contribution in [3.8, 4) is 0 Å². The average molecular weight is 180 g/mol. The predicted molar refractivity (Wildman–Crippen MR) is 46.2 cm³/mol. The highest BCUT2D eigenvalue weighted by Gasteiger charge is 2.06. The lowest BCUT2D eigenvalue weighted by molar-refractivity contribution is -0.117. The third-order valence-corrected chi connectivity index (χ3v) is 1.57. The second-order valence-electron chi connectivity index (χ2n) is 1.94. The van der Waals surface area contributed by atoms with Crippen LogP contribution in [0.4, 0.5) is 0 Å². The Morgan fingerprint density at radius 3 is 2.70 bits per heavy atom. The first-order valence-electron chi connectivity index (χ1n) is 2.83. The molecule has 0 rings (SSSR count). The van der Waals surface area contributed by atoms with Gasteiger partial charge in [-0.2, -0.15) is 12.6 Å². The van der Waals surface area contributed by atoms with Crippen molar-refractivity contribution in [2.75, 3.05) is 0 Å². The van der Waals surface area contributed by atoms with E-state index in [1.165, 1.54) is 0 Å². The summed E-state index contributed by atoms with van der Waals surface area (Å²) in [7, 11) is 0. The fourth-order valence-electron chi connectivity index (χ4n) is 0.390. The van der Waals surface area contributed by atoms with Crippen molar-refractivity contribution in [3.05, 3.63) is 11.1 Å². The molecule has 0 aliphatic rings. The SMILES string of the molecule is C/C(Cl)=C/CC(S)C(N)=O.